The lowest BCUT2D eigenvalue weighted by Crippen LogP contribution is -2.41. The highest BCUT2D eigenvalue weighted by atomic mass is 32.2. The first kappa shape index (κ1) is 22.3. The van der Waals surface area contributed by atoms with E-state index >= 15 is 0 Å². The van der Waals surface area contributed by atoms with Crippen LogP contribution in [0.4, 0.5) is 0 Å². The van der Waals surface area contributed by atoms with E-state index < -0.39 is 28.1 Å². The summed E-state index contributed by atoms with van der Waals surface area (Å²) in [7, 11) is -3.94. The van der Waals surface area contributed by atoms with Gasteiger partial charge in [-0.25, -0.2) is 8.42 Å². The lowest BCUT2D eigenvalue weighted by Gasteiger charge is -2.23. The predicted molar refractivity (Wildman–Crippen MR) is 112 cm³/mol. The highest BCUT2D eigenvalue weighted by molar-refractivity contribution is 7.89. The van der Waals surface area contributed by atoms with Crippen molar-refractivity contribution in [2.75, 3.05) is 19.8 Å². The van der Waals surface area contributed by atoms with Gasteiger partial charge in [0.1, 0.15) is 25.0 Å². The smallest absolute Gasteiger partial charge is 0.324 e. The van der Waals surface area contributed by atoms with Crippen molar-refractivity contribution in [3.05, 3.63) is 59.2 Å². The number of rotatable bonds is 7. The largest absolute Gasteiger partial charge is 0.490 e. The first-order valence-electron chi connectivity index (χ1n) is 9.82. The van der Waals surface area contributed by atoms with Crippen LogP contribution in [0.5, 0.6) is 5.75 Å². The van der Waals surface area contributed by atoms with Crippen molar-refractivity contribution in [2.24, 2.45) is 0 Å². The molecule has 0 saturated carbocycles. The number of aliphatic hydroxyl groups excluding tert-OH is 1. The van der Waals surface area contributed by atoms with E-state index in [0.29, 0.717) is 5.75 Å². The van der Waals surface area contributed by atoms with Gasteiger partial charge < -0.3 is 14.6 Å². The van der Waals surface area contributed by atoms with Gasteiger partial charge >= 0.3 is 5.97 Å². The Bertz CT molecular complexity index is 1000. The minimum Gasteiger partial charge on any atom is -0.490 e. The number of nitrogens with zero attached hydrogens (tertiary/aromatic N) is 1. The lowest BCUT2D eigenvalue weighted by molar-refractivity contribution is -0.148. The Balaban J connectivity index is 1.63. The quantitative estimate of drug-likeness (QED) is 0.532. The molecule has 1 aliphatic heterocycles. The van der Waals surface area contributed by atoms with Crippen LogP contribution < -0.4 is 4.74 Å². The van der Waals surface area contributed by atoms with Crippen molar-refractivity contribution in [3.63, 3.8) is 0 Å². The minimum absolute atomic E-state index is 0.00171. The summed E-state index contributed by atoms with van der Waals surface area (Å²) in [6, 6.07) is 11.2. The van der Waals surface area contributed by atoms with Gasteiger partial charge in [0.05, 0.1) is 11.0 Å². The molecule has 0 aliphatic carbocycles. The number of sulfonamides is 1. The van der Waals surface area contributed by atoms with Gasteiger partial charge in [0, 0.05) is 13.0 Å². The zero-order valence-electron chi connectivity index (χ0n) is 17.4. The van der Waals surface area contributed by atoms with Gasteiger partial charge in [-0.2, -0.15) is 4.31 Å². The third kappa shape index (κ3) is 5.00. The number of carbonyl (C=O) groups is 1. The van der Waals surface area contributed by atoms with E-state index in [-0.39, 0.29) is 31.1 Å². The van der Waals surface area contributed by atoms with E-state index in [1.807, 2.05) is 45.0 Å². The number of hydrogen-bond donors (Lipinski definition) is 1. The molecule has 0 bridgehead atoms. The minimum atomic E-state index is -3.94. The number of benzene rings is 2. The van der Waals surface area contributed by atoms with Crippen molar-refractivity contribution in [1.82, 2.24) is 4.31 Å². The summed E-state index contributed by atoms with van der Waals surface area (Å²) in [6.45, 7) is 5.68. The second-order valence-corrected chi connectivity index (χ2v) is 9.45. The molecular formula is C22H27NO6S. The highest BCUT2D eigenvalue weighted by Crippen LogP contribution is 2.28. The molecule has 2 aromatic carbocycles. The van der Waals surface area contributed by atoms with Crippen LogP contribution >= 0.6 is 0 Å². The molecular weight excluding hydrogens is 406 g/mol. The molecule has 0 spiro atoms. The molecule has 0 amide bonds. The monoisotopic (exact) mass is 433 g/mol. The second kappa shape index (κ2) is 9.16. The third-order valence-corrected chi connectivity index (χ3v) is 7.08. The fourth-order valence-electron chi connectivity index (χ4n) is 3.31. The molecule has 1 fully saturated rings. The fourth-order valence-corrected chi connectivity index (χ4v) is 5.02. The van der Waals surface area contributed by atoms with Gasteiger partial charge in [0.25, 0.3) is 0 Å². The van der Waals surface area contributed by atoms with Gasteiger partial charge in [0.15, 0.2) is 0 Å². The predicted octanol–water partition coefficient (Wildman–Crippen LogP) is 2.36. The molecule has 7 nitrogen and oxygen atoms in total. The van der Waals surface area contributed by atoms with Crippen LogP contribution in [-0.4, -0.2) is 55.7 Å². The number of ether oxygens (including phenoxy) is 2. The van der Waals surface area contributed by atoms with Gasteiger partial charge in [-0.3, -0.25) is 4.79 Å². The Morgan fingerprint density at radius 1 is 1.07 bits per heavy atom. The SMILES string of the molecule is Cc1ccc(OCCOC(=O)C2CC(O)CN2S(=O)(=O)c2ccc(C)c(C)c2)cc1. The normalized spacial score (nSPS) is 19.6. The molecule has 0 radical (unpaired) electrons. The van der Waals surface area contributed by atoms with E-state index in [1.54, 1.807) is 12.1 Å². The Labute approximate surface area is 177 Å². The van der Waals surface area contributed by atoms with Crippen LogP contribution in [0.1, 0.15) is 23.1 Å². The Kier molecular flexibility index (Phi) is 6.80. The summed E-state index contributed by atoms with van der Waals surface area (Å²) in [5, 5.41) is 10.0. The van der Waals surface area contributed by atoms with Crippen molar-refractivity contribution < 1.29 is 27.8 Å². The number of β-amino-alcohol motifs (C(OH)–C–C–N with tert-alkyl or cyclic N) is 1. The number of aryl methyl sites for hydroxylation is 3. The molecule has 1 N–H and O–H groups in total. The summed E-state index contributed by atoms with van der Waals surface area (Å²) in [4.78, 5) is 12.7. The summed E-state index contributed by atoms with van der Waals surface area (Å²) >= 11 is 0. The van der Waals surface area contributed by atoms with Crippen LogP contribution in [0.3, 0.4) is 0 Å². The zero-order chi connectivity index (χ0) is 21.9. The molecule has 30 heavy (non-hydrogen) atoms. The van der Waals surface area contributed by atoms with Crippen molar-refractivity contribution in [2.45, 2.75) is 44.2 Å². The molecule has 1 heterocycles. The van der Waals surface area contributed by atoms with Crippen LogP contribution in [0.2, 0.25) is 0 Å². The van der Waals surface area contributed by atoms with Crippen molar-refractivity contribution in [3.8, 4) is 5.75 Å². The van der Waals surface area contributed by atoms with Crippen LogP contribution in [0.25, 0.3) is 0 Å². The third-order valence-electron chi connectivity index (χ3n) is 5.21. The molecule has 1 aliphatic rings. The second-order valence-electron chi connectivity index (χ2n) is 7.56. The molecule has 2 unspecified atom stereocenters. The van der Waals surface area contributed by atoms with Gasteiger partial charge in [-0.15, -0.1) is 0 Å². The lowest BCUT2D eigenvalue weighted by atomic mass is 10.1. The average Bonchev–Trinajstić information content (AvgIpc) is 3.11. The van der Waals surface area contributed by atoms with Crippen LogP contribution in [-0.2, 0) is 19.6 Å². The number of aliphatic hydroxyl groups is 1. The number of esters is 1. The van der Waals surface area contributed by atoms with E-state index in [0.717, 1.165) is 21.0 Å². The summed E-state index contributed by atoms with van der Waals surface area (Å²) in [5.41, 5.74) is 2.92. The van der Waals surface area contributed by atoms with Crippen LogP contribution in [0.15, 0.2) is 47.4 Å². The van der Waals surface area contributed by atoms with Gasteiger partial charge in [-0.05, 0) is 56.2 Å². The first-order valence-corrected chi connectivity index (χ1v) is 11.3. The van der Waals surface area contributed by atoms with Gasteiger partial charge in [-0.1, -0.05) is 23.8 Å². The molecule has 2 atom stereocenters. The standard InChI is InChI=1S/C22H27NO6S/c1-15-4-7-19(8-5-15)28-10-11-29-22(25)21-13-18(24)14-23(21)30(26,27)20-9-6-16(2)17(3)12-20/h4-9,12,18,21,24H,10-11,13-14H2,1-3H3. The fraction of sp³-hybridized carbons (Fsp3) is 0.409. The molecule has 0 aromatic heterocycles. The maximum atomic E-state index is 13.1. The van der Waals surface area contributed by atoms with E-state index in [9.17, 15) is 18.3 Å². The Hall–Kier alpha value is -2.42. The Morgan fingerprint density at radius 2 is 1.77 bits per heavy atom. The topological polar surface area (TPSA) is 93.1 Å². The maximum Gasteiger partial charge on any atom is 0.324 e. The molecule has 2 aromatic rings. The summed E-state index contributed by atoms with van der Waals surface area (Å²) in [6.07, 6.45) is -0.922. The van der Waals surface area contributed by atoms with Crippen molar-refractivity contribution in [1.29, 1.82) is 0 Å². The molecule has 8 heteroatoms. The molecule has 1 saturated heterocycles. The zero-order valence-corrected chi connectivity index (χ0v) is 18.2. The number of carbonyl (C=O) groups excluding carboxylic acids is 1. The summed E-state index contributed by atoms with van der Waals surface area (Å²) in [5.74, 6) is -0.0293. The van der Waals surface area contributed by atoms with E-state index in [2.05, 4.69) is 0 Å². The molecule has 162 valence electrons. The van der Waals surface area contributed by atoms with E-state index in [4.69, 9.17) is 9.47 Å². The van der Waals surface area contributed by atoms with Gasteiger partial charge in [0.2, 0.25) is 10.0 Å². The van der Waals surface area contributed by atoms with Crippen LogP contribution in [0, 0.1) is 20.8 Å². The maximum absolute atomic E-state index is 13.1. The Morgan fingerprint density at radius 3 is 2.43 bits per heavy atom. The number of hydrogen-bond acceptors (Lipinski definition) is 6. The average molecular weight is 434 g/mol. The first-order chi connectivity index (χ1) is 14.2. The van der Waals surface area contributed by atoms with Crippen molar-refractivity contribution >= 4 is 16.0 Å². The summed E-state index contributed by atoms with van der Waals surface area (Å²) < 4.78 is 38.0. The van der Waals surface area contributed by atoms with E-state index in [1.165, 1.54) is 6.07 Å². The highest BCUT2D eigenvalue weighted by Gasteiger charge is 2.44. The molecule has 3 rings (SSSR count).